The second-order valence-electron chi connectivity index (χ2n) is 11.1. The van der Waals surface area contributed by atoms with Crippen LogP contribution in [0.25, 0.3) is 16.5 Å². The average Bonchev–Trinajstić information content (AvgIpc) is 3.55. The number of nitrogens with zero attached hydrogens (tertiary/aromatic N) is 5. The minimum Gasteiger partial charge on any atom is -0.394 e. The molecule has 0 radical (unpaired) electrons. The van der Waals surface area contributed by atoms with Crippen molar-refractivity contribution in [2.75, 3.05) is 18.5 Å². The molecule has 3 heterocycles. The Morgan fingerprint density at radius 1 is 1.23 bits per heavy atom. The molecule has 0 bridgehead atoms. The molecule has 12 heteroatoms. The lowest BCUT2D eigenvalue weighted by molar-refractivity contribution is 0.215. The van der Waals surface area contributed by atoms with Crippen LogP contribution in [-0.4, -0.2) is 62.6 Å². The normalized spacial score (nSPS) is 19.4. The fourth-order valence-corrected chi connectivity index (χ4v) is 6.90. The number of hydrogen-bond donors (Lipinski definition) is 3. The van der Waals surface area contributed by atoms with Crippen LogP contribution in [0, 0.1) is 0 Å². The van der Waals surface area contributed by atoms with Crippen LogP contribution in [0.5, 0.6) is 0 Å². The Kier molecular flexibility index (Phi) is 6.16. The van der Waals surface area contributed by atoms with Gasteiger partial charge in [0.05, 0.1) is 28.9 Å². The summed E-state index contributed by atoms with van der Waals surface area (Å²) >= 11 is 0. The standard InChI is InChI=1S/C27H30FN7O3S/c1-26(2,28)14-32-39(37,38)24-21-9-23(17-5-6-17)30-12-19(21)8-18-10-27(15-36,11-22(18)24)33-25-34-31-16-35(25)20-4-3-7-29-13-20/h3-4,7-9,12-13,16-17,32,36H,5-6,10-11,14-15H2,1-2H3,(H,33,34). The molecular formula is C27H30FN7O3S. The topological polar surface area (TPSA) is 135 Å². The van der Waals surface area contributed by atoms with E-state index < -0.39 is 21.2 Å². The maximum absolute atomic E-state index is 14.4. The Labute approximate surface area is 225 Å². The first kappa shape index (κ1) is 25.8. The second kappa shape index (κ2) is 9.32. The van der Waals surface area contributed by atoms with Gasteiger partial charge in [-0.15, -0.1) is 10.2 Å². The SMILES string of the molecule is CC(C)(F)CNS(=O)(=O)c1c2c(cc3cnc(C4CC4)cc13)CC(CO)(Nc1nncn1-c1cccnc1)C2. The fourth-order valence-electron chi connectivity index (χ4n) is 5.22. The van der Waals surface area contributed by atoms with E-state index in [9.17, 15) is 17.9 Å². The third kappa shape index (κ3) is 4.99. The number of sulfonamides is 1. The molecule has 2 aliphatic rings. The van der Waals surface area contributed by atoms with Gasteiger partial charge in [-0.05, 0) is 74.9 Å². The lowest BCUT2D eigenvalue weighted by Crippen LogP contribution is -2.44. The summed E-state index contributed by atoms with van der Waals surface area (Å²) < 4.78 is 46.2. The highest BCUT2D eigenvalue weighted by atomic mass is 32.2. The zero-order valence-electron chi connectivity index (χ0n) is 21.7. The molecule has 0 aliphatic heterocycles. The Morgan fingerprint density at radius 3 is 2.74 bits per heavy atom. The lowest BCUT2D eigenvalue weighted by atomic mass is 9.97. The maximum atomic E-state index is 14.4. The molecule has 0 saturated heterocycles. The molecule has 1 saturated carbocycles. The molecule has 204 valence electrons. The molecule has 1 fully saturated rings. The third-order valence-electron chi connectivity index (χ3n) is 7.33. The van der Waals surface area contributed by atoms with Crippen LogP contribution in [0.15, 0.2) is 54.1 Å². The zero-order chi connectivity index (χ0) is 27.4. The van der Waals surface area contributed by atoms with Crippen LogP contribution < -0.4 is 10.0 Å². The number of rotatable bonds is 9. The first-order valence-corrected chi connectivity index (χ1v) is 14.4. The number of halogens is 1. The number of fused-ring (bicyclic) bond motifs is 2. The van der Waals surface area contributed by atoms with Crippen LogP contribution in [-0.2, 0) is 22.9 Å². The molecule has 39 heavy (non-hydrogen) atoms. The van der Waals surface area contributed by atoms with Crippen molar-refractivity contribution in [1.29, 1.82) is 0 Å². The predicted molar refractivity (Wildman–Crippen MR) is 144 cm³/mol. The molecule has 0 amide bonds. The molecule has 2 aliphatic carbocycles. The van der Waals surface area contributed by atoms with Crippen molar-refractivity contribution in [3.63, 3.8) is 0 Å². The molecule has 3 N–H and O–H groups in total. The van der Waals surface area contributed by atoms with E-state index in [1.807, 2.05) is 18.2 Å². The van der Waals surface area contributed by atoms with Crippen LogP contribution in [0.2, 0.25) is 0 Å². The van der Waals surface area contributed by atoms with Crippen molar-refractivity contribution in [3.8, 4) is 5.69 Å². The molecule has 6 rings (SSSR count). The minimum absolute atomic E-state index is 0.120. The summed E-state index contributed by atoms with van der Waals surface area (Å²) in [4.78, 5) is 8.87. The molecule has 0 spiro atoms. The highest BCUT2D eigenvalue weighted by molar-refractivity contribution is 7.89. The van der Waals surface area contributed by atoms with E-state index in [0.717, 1.165) is 29.8 Å². The van der Waals surface area contributed by atoms with Gasteiger partial charge in [0.25, 0.3) is 0 Å². The molecule has 1 unspecified atom stereocenters. The Balaban J connectivity index is 1.44. The van der Waals surface area contributed by atoms with Gasteiger partial charge in [0, 0.05) is 41.3 Å². The second-order valence-corrected chi connectivity index (χ2v) is 12.8. The van der Waals surface area contributed by atoms with Crippen molar-refractivity contribution in [2.45, 2.75) is 61.6 Å². The largest absolute Gasteiger partial charge is 0.394 e. The summed E-state index contributed by atoms with van der Waals surface area (Å²) in [6, 6.07) is 7.45. The van der Waals surface area contributed by atoms with Gasteiger partial charge in [0.2, 0.25) is 16.0 Å². The van der Waals surface area contributed by atoms with Gasteiger partial charge in [-0.2, -0.15) is 0 Å². The van der Waals surface area contributed by atoms with Gasteiger partial charge in [-0.25, -0.2) is 17.5 Å². The van der Waals surface area contributed by atoms with Crippen molar-refractivity contribution in [3.05, 3.63) is 66.0 Å². The van der Waals surface area contributed by atoms with E-state index in [-0.39, 0.29) is 24.5 Å². The number of alkyl halides is 1. The molecular weight excluding hydrogens is 521 g/mol. The fraction of sp³-hybridized carbons (Fsp3) is 0.407. The van der Waals surface area contributed by atoms with Gasteiger partial charge in [-0.1, -0.05) is 0 Å². The number of pyridine rings is 2. The summed E-state index contributed by atoms with van der Waals surface area (Å²) in [7, 11) is -4.11. The number of aliphatic hydroxyl groups excluding tert-OH is 1. The van der Waals surface area contributed by atoms with E-state index in [1.54, 1.807) is 35.6 Å². The quantitative estimate of drug-likeness (QED) is 0.289. The third-order valence-corrected chi connectivity index (χ3v) is 8.86. The molecule has 1 aromatic carbocycles. The van der Waals surface area contributed by atoms with Gasteiger partial charge in [0.15, 0.2) is 0 Å². The number of aliphatic hydroxyl groups is 1. The molecule has 10 nitrogen and oxygen atoms in total. The van der Waals surface area contributed by atoms with Gasteiger partial charge >= 0.3 is 0 Å². The average molecular weight is 552 g/mol. The van der Waals surface area contributed by atoms with Crippen molar-refractivity contribution < 1.29 is 17.9 Å². The monoisotopic (exact) mass is 551 g/mol. The van der Waals surface area contributed by atoms with Crippen LogP contribution in [0.4, 0.5) is 10.3 Å². The van der Waals surface area contributed by atoms with Gasteiger partial charge in [0.1, 0.15) is 12.0 Å². The van der Waals surface area contributed by atoms with E-state index in [0.29, 0.717) is 34.6 Å². The predicted octanol–water partition coefficient (Wildman–Crippen LogP) is 3.06. The van der Waals surface area contributed by atoms with Crippen LogP contribution in [0.1, 0.15) is 49.4 Å². The summed E-state index contributed by atoms with van der Waals surface area (Å²) in [5.41, 5.74) is 0.293. The molecule has 3 aromatic heterocycles. The Bertz CT molecular complexity index is 1650. The van der Waals surface area contributed by atoms with E-state index in [2.05, 4.69) is 30.2 Å². The Morgan fingerprint density at radius 2 is 2.05 bits per heavy atom. The van der Waals surface area contributed by atoms with E-state index in [1.165, 1.54) is 13.8 Å². The highest BCUT2D eigenvalue weighted by Crippen LogP contribution is 2.43. The zero-order valence-corrected chi connectivity index (χ0v) is 22.5. The minimum atomic E-state index is -4.11. The number of benzene rings is 1. The first-order valence-electron chi connectivity index (χ1n) is 12.9. The van der Waals surface area contributed by atoms with E-state index in [4.69, 9.17) is 0 Å². The summed E-state index contributed by atoms with van der Waals surface area (Å²) in [6.45, 7) is 2.02. The molecule has 1 atom stereocenters. The van der Waals surface area contributed by atoms with Gasteiger partial charge in [-0.3, -0.25) is 14.5 Å². The van der Waals surface area contributed by atoms with Crippen molar-refractivity contribution in [1.82, 2.24) is 29.5 Å². The number of nitrogens with one attached hydrogen (secondary N) is 2. The van der Waals surface area contributed by atoms with E-state index >= 15 is 0 Å². The number of hydrogen-bond acceptors (Lipinski definition) is 8. The van der Waals surface area contributed by atoms with Crippen molar-refractivity contribution in [2.24, 2.45) is 0 Å². The summed E-state index contributed by atoms with van der Waals surface area (Å²) in [6.07, 6.45) is 9.20. The van der Waals surface area contributed by atoms with Gasteiger partial charge < -0.3 is 10.4 Å². The van der Waals surface area contributed by atoms with Crippen LogP contribution >= 0.6 is 0 Å². The number of anilines is 1. The lowest BCUT2D eigenvalue weighted by Gasteiger charge is -2.28. The van der Waals surface area contributed by atoms with Crippen molar-refractivity contribution >= 4 is 26.7 Å². The number of aromatic nitrogens is 5. The molecule has 4 aromatic rings. The highest BCUT2D eigenvalue weighted by Gasteiger charge is 2.42. The first-order chi connectivity index (χ1) is 18.6. The Hall–Kier alpha value is -3.48. The van der Waals surface area contributed by atoms with Crippen LogP contribution in [0.3, 0.4) is 0 Å². The summed E-state index contributed by atoms with van der Waals surface area (Å²) in [5.74, 6) is 0.724. The smallest absolute Gasteiger partial charge is 0.241 e. The summed E-state index contributed by atoms with van der Waals surface area (Å²) in [5, 5.41) is 23.5. The maximum Gasteiger partial charge on any atom is 0.241 e.